The zero-order valence-corrected chi connectivity index (χ0v) is 10.0. The van der Waals surface area contributed by atoms with Crippen LogP contribution in [0.2, 0.25) is 10.0 Å². The van der Waals surface area contributed by atoms with Crippen LogP contribution in [-0.4, -0.2) is 9.97 Å². The molecule has 17 heavy (non-hydrogen) atoms. The summed E-state index contributed by atoms with van der Waals surface area (Å²) in [4.78, 5) is 7.15. The number of nitrogens with two attached hydrogens (primary N) is 1. The maximum absolute atomic E-state index is 6.17. The third-order valence-corrected chi connectivity index (χ3v) is 3.01. The largest absolute Gasteiger partial charge is 0.432 e. The third kappa shape index (κ3) is 1.66. The second-order valence-electron chi connectivity index (χ2n) is 3.58. The van der Waals surface area contributed by atoms with Gasteiger partial charge >= 0.3 is 0 Å². The highest BCUT2D eigenvalue weighted by Crippen LogP contribution is 2.35. The van der Waals surface area contributed by atoms with Gasteiger partial charge in [-0.2, -0.15) is 4.98 Å². The molecule has 0 aliphatic rings. The van der Waals surface area contributed by atoms with Crippen LogP contribution in [0.15, 0.2) is 29.0 Å². The summed E-state index contributed by atoms with van der Waals surface area (Å²) in [7, 11) is 0. The summed E-state index contributed by atoms with van der Waals surface area (Å²) >= 11 is 12.1. The van der Waals surface area contributed by atoms with Gasteiger partial charge in [-0.1, -0.05) is 23.2 Å². The van der Waals surface area contributed by atoms with Gasteiger partial charge in [-0.15, -0.1) is 0 Å². The molecule has 0 bridgehead atoms. The van der Waals surface area contributed by atoms with E-state index in [-0.39, 0.29) is 6.01 Å². The van der Waals surface area contributed by atoms with E-state index in [4.69, 9.17) is 33.4 Å². The lowest BCUT2D eigenvalue weighted by Gasteiger charge is -1.98. The predicted molar refractivity (Wildman–Crippen MR) is 68.2 cm³/mol. The normalized spacial score (nSPS) is 11.2. The number of hydrogen-bond donors (Lipinski definition) is 2. The molecule has 2 aromatic heterocycles. The lowest BCUT2D eigenvalue weighted by Crippen LogP contribution is -1.83. The molecule has 0 unspecified atom stereocenters. The van der Waals surface area contributed by atoms with Gasteiger partial charge in [-0.05, 0) is 12.1 Å². The first-order valence-corrected chi connectivity index (χ1v) is 5.58. The van der Waals surface area contributed by atoms with E-state index in [1.54, 1.807) is 18.3 Å². The monoisotopic (exact) mass is 267 g/mol. The van der Waals surface area contributed by atoms with E-state index < -0.39 is 0 Å². The van der Waals surface area contributed by atoms with Crippen molar-refractivity contribution in [2.45, 2.75) is 0 Å². The molecule has 0 amide bonds. The van der Waals surface area contributed by atoms with Gasteiger partial charge in [-0.25, -0.2) is 0 Å². The van der Waals surface area contributed by atoms with Crippen LogP contribution in [0.1, 0.15) is 0 Å². The summed E-state index contributed by atoms with van der Waals surface area (Å²) < 4.78 is 4.98. The van der Waals surface area contributed by atoms with Crippen molar-refractivity contribution in [3.63, 3.8) is 0 Å². The van der Waals surface area contributed by atoms with Gasteiger partial charge in [0.1, 0.15) is 12.0 Å². The number of oxazole rings is 1. The number of H-pyrrole nitrogens is 1. The fourth-order valence-electron chi connectivity index (χ4n) is 1.80. The minimum Gasteiger partial charge on any atom is -0.432 e. The van der Waals surface area contributed by atoms with E-state index in [2.05, 4.69) is 9.97 Å². The molecule has 0 spiro atoms. The summed E-state index contributed by atoms with van der Waals surface area (Å²) in [6.45, 7) is 0. The van der Waals surface area contributed by atoms with Gasteiger partial charge in [0.05, 0.1) is 5.02 Å². The predicted octanol–water partition coefficient (Wildman–Crippen LogP) is 3.71. The molecule has 2 heterocycles. The summed E-state index contributed by atoms with van der Waals surface area (Å²) in [6.07, 6.45) is 3.28. The second kappa shape index (κ2) is 3.68. The standard InChI is InChI=1S/C11H7Cl2N3O/c12-5-1-7(13)10-6(3-15-8(10)2-5)9-4-17-11(14)16-9/h1-4,15H,(H2,14,16). The van der Waals surface area contributed by atoms with Crippen LogP contribution < -0.4 is 5.73 Å². The van der Waals surface area contributed by atoms with Gasteiger partial charge in [0.2, 0.25) is 0 Å². The molecule has 0 saturated heterocycles. The van der Waals surface area contributed by atoms with E-state index in [1.165, 1.54) is 6.26 Å². The smallest absolute Gasteiger partial charge is 0.292 e. The van der Waals surface area contributed by atoms with Crippen LogP contribution in [0.3, 0.4) is 0 Å². The fraction of sp³-hybridized carbons (Fsp3) is 0. The average Bonchev–Trinajstić information content (AvgIpc) is 2.83. The zero-order valence-electron chi connectivity index (χ0n) is 8.50. The Morgan fingerprint density at radius 2 is 2.12 bits per heavy atom. The van der Waals surface area contributed by atoms with Gasteiger partial charge < -0.3 is 15.1 Å². The Morgan fingerprint density at radius 3 is 2.82 bits per heavy atom. The van der Waals surface area contributed by atoms with Gasteiger partial charge in [0, 0.05) is 27.7 Å². The van der Waals surface area contributed by atoms with Crippen molar-refractivity contribution in [1.82, 2.24) is 9.97 Å². The first-order valence-electron chi connectivity index (χ1n) is 4.82. The van der Waals surface area contributed by atoms with Crippen molar-refractivity contribution >= 4 is 40.1 Å². The molecule has 3 rings (SSSR count). The number of aromatic nitrogens is 2. The summed E-state index contributed by atoms with van der Waals surface area (Å²) in [5, 5.41) is 1.99. The molecule has 0 atom stereocenters. The average molecular weight is 268 g/mol. The minimum absolute atomic E-state index is 0.124. The Hall–Kier alpha value is -1.65. The number of rotatable bonds is 1. The molecule has 6 heteroatoms. The third-order valence-electron chi connectivity index (χ3n) is 2.49. The topological polar surface area (TPSA) is 67.8 Å². The van der Waals surface area contributed by atoms with Crippen molar-refractivity contribution in [3.8, 4) is 11.3 Å². The number of halogens is 2. The van der Waals surface area contributed by atoms with Crippen molar-refractivity contribution < 1.29 is 4.42 Å². The number of hydrogen-bond acceptors (Lipinski definition) is 3. The summed E-state index contributed by atoms with van der Waals surface area (Å²) in [5.74, 6) is 0. The van der Waals surface area contributed by atoms with Crippen molar-refractivity contribution in [2.75, 3.05) is 5.73 Å². The quantitative estimate of drug-likeness (QED) is 0.706. The molecule has 4 nitrogen and oxygen atoms in total. The van der Waals surface area contributed by atoms with E-state index in [9.17, 15) is 0 Å². The number of nitrogens with zero attached hydrogens (tertiary/aromatic N) is 1. The number of fused-ring (bicyclic) bond motifs is 1. The first kappa shape index (κ1) is 10.5. The van der Waals surface area contributed by atoms with E-state index in [0.717, 1.165) is 16.5 Å². The lowest BCUT2D eigenvalue weighted by atomic mass is 10.1. The number of nitrogen functional groups attached to an aromatic ring is 1. The highest BCUT2D eigenvalue weighted by Gasteiger charge is 2.13. The number of aromatic amines is 1. The number of benzene rings is 1. The maximum Gasteiger partial charge on any atom is 0.292 e. The summed E-state index contributed by atoms with van der Waals surface area (Å²) in [5.41, 5.74) is 7.77. The van der Waals surface area contributed by atoms with Crippen LogP contribution in [-0.2, 0) is 0 Å². The summed E-state index contributed by atoms with van der Waals surface area (Å²) in [6, 6.07) is 3.61. The van der Waals surface area contributed by atoms with Crippen molar-refractivity contribution in [2.24, 2.45) is 0 Å². The minimum atomic E-state index is 0.124. The molecular weight excluding hydrogens is 261 g/mol. The van der Waals surface area contributed by atoms with Crippen LogP contribution in [0, 0.1) is 0 Å². The van der Waals surface area contributed by atoms with Crippen LogP contribution in [0.25, 0.3) is 22.2 Å². The van der Waals surface area contributed by atoms with E-state index in [0.29, 0.717) is 15.7 Å². The van der Waals surface area contributed by atoms with Gasteiger partial charge in [0.15, 0.2) is 0 Å². The highest BCUT2D eigenvalue weighted by atomic mass is 35.5. The first-order chi connectivity index (χ1) is 8.15. The SMILES string of the molecule is Nc1nc(-c2c[nH]c3cc(Cl)cc(Cl)c23)co1. The molecule has 0 saturated carbocycles. The van der Waals surface area contributed by atoms with Crippen LogP contribution >= 0.6 is 23.2 Å². The fourth-order valence-corrected chi connectivity index (χ4v) is 2.39. The molecule has 3 N–H and O–H groups in total. The Morgan fingerprint density at radius 1 is 1.29 bits per heavy atom. The number of nitrogens with one attached hydrogen (secondary N) is 1. The lowest BCUT2D eigenvalue weighted by molar-refractivity contribution is 0.581. The van der Waals surface area contributed by atoms with Crippen LogP contribution in [0.5, 0.6) is 0 Å². The maximum atomic E-state index is 6.17. The Kier molecular flexibility index (Phi) is 2.28. The zero-order chi connectivity index (χ0) is 12.0. The van der Waals surface area contributed by atoms with Gasteiger partial charge in [-0.3, -0.25) is 0 Å². The number of anilines is 1. The van der Waals surface area contributed by atoms with E-state index in [1.807, 2.05) is 0 Å². The molecule has 0 aliphatic heterocycles. The van der Waals surface area contributed by atoms with Crippen molar-refractivity contribution in [1.29, 1.82) is 0 Å². The Balaban J connectivity index is 2.31. The van der Waals surface area contributed by atoms with Crippen molar-refractivity contribution in [3.05, 3.63) is 34.6 Å². The highest BCUT2D eigenvalue weighted by molar-refractivity contribution is 6.39. The van der Waals surface area contributed by atoms with Crippen LogP contribution in [0.4, 0.5) is 6.01 Å². The molecule has 3 aromatic rings. The molecule has 86 valence electrons. The molecule has 0 fully saturated rings. The molecule has 0 radical (unpaired) electrons. The molecule has 1 aromatic carbocycles. The molecular formula is C11H7Cl2N3O. The van der Waals surface area contributed by atoms with E-state index >= 15 is 0 Å². The Labute approximate surface area is 106 Å². The second-order valence-corrected chi connectivity index (χ2v) is 4.43. The Bertz CT molecular complexity index is 702. The van der Waals surface area contributed by atoms with Gasteiger partial charge in [0.25, 0.3) is 6.01 Å². The molecule has 0 aliphatic carbocycles.